The van der Waals surface area contributed by atoms with Gasteiger partial charge in [0.2, 0.25) is 0 Å². The lowest BCUT2D eigenvalue weighted by Crippen LogP contribution is -2.44. The molecule has 5 heteroatoms. The molecule has 0 saturated heterocycles. The number of aliphatic hydroxyl groups excluding tert-OH is 1. The molecule has 1 aromatic carbocycles. The van der Waals surface area contributed by atoms with E-state index in [1.807, 2.05) is 13.0 Å². The molecular formula is C21H27NO3S. The molecule has 0 aromatic heterocycles. The third kappa shape index (κ3) is 2.90. The highest BCUT2D eigenvalue weighted by molar-refractivity contribution is 7.93. The molecule has 2 aliphatic rings. The highest BCUT2D eigenvalue weighted by atomic mass is 32.2. The lowest BCUT2D eigenvalue weighted by molar-refractivity contribution is -0.00223. The maximum atomic E-state index is 13.3. The van der Waals surface area contributed by atoms with Crippen molar-refractivity contribution in [3.63, 3.8) is 0 Å². The van der Waals surface area contributed by atoms with Crippen molar-refractivity contribution in [1.29, 1.82) is 0 Å². The van der Waals surface area contributed by atoms with E-state index in [2.05, 4.69) is 11.8 Å². The van der Waals surface area contributed by atoms with E-state index in [0.29, 0.717) is 12.0 Å². The summed E-state index contributed by atoms with van der Waals surface area (Å²) in [5.41, 5.74) is 1.61. The third-order valence-electron chi connectivity index (χ3n) is 6.48. The maximum Gasteiger partial charge on any atom is 0.351 e. The molecule has 0 aliphatic heterocycles. The SMILES string of the molecule is [C-]#[N+]C(C)(C1=C[C@@H]2[C@H](O)CCC[C@@]2(C)CC1)S(=O)(=O)c1ccc(C)cc1. The van der Waals surface area contributed by atoms with Crippen LogP contribution in [0.25, 0.3) is 4.85 Å². The molecule has 0 spiro atoms. The molecule has 0 heterocycles. The lowest BCUT2D eigenvalue weighted by atomic mass is 9.60. The van der Waals surface area contributed by atoms with Crippen LogP contribution in [0.5, 0.6) is 0 Å². The number of hydrogen-bond donors (Lipinski definition) is 1. The first-order chi connectivity index (χ1) is 12.1. The summed E-state index contributed by atoms with van der Waals surface area (Å²) in [6, 6.07) is 6.68. The minimum Gasteiger partial charge on any atom is -0.392 e. The summed E-state index contributed by atoms with van der Waals surface area (Å²) in [6.45, 7) is 13.3. The van der Waals surface area contributed by atoms with E-state index >= 15 is 0 Å². The van der Waals surface area contributed by atoms with E-state index in [1.54, 1.807) is 24.3 Å². The fraction of sp³-hybridized carbons (Fsp3) is 0.571. The van der Waals surface area contributed by atoms with Gasteiger partial charge in [0.25, 0.3) is 9.84 Å². The molecule has 1 N–H and O–H groups in total. The number of fused-ring (bicyclic) bond motifs is 1. The van der Waals surface area contributed by atoms with Crippen molar-refractivity contribution in [3.8, 4) is 0 Å². The first-order valence-corrected chi connectivity index (χ1v) is 10.7. The van der Waals surface area contributed by atoms with Gasteiger partial charge in [-0.3, -0.25) is 4.85 Å². The molecule has 1 saturated carbocycles. The molecule has 26 heavy (non-hydrogen) atoms. The first kappa shape index (κ1) is 19.1. The van der Waals surface area contributed by atoms with Gasteiger partial charge in [-0.05, 0) is 50.2 Å². The van der Waals surface area contributed by atoms with Gasteiger partial charge >= 0.3 is 4.87 Å². The van der Waals surface area contributed by atoms with Crippen LogP contribution in [0.2, 0.25) is 0 Å². The maximum absolute atomic E-state index is 13.3. The summed E-state index contributed by atoms with van der Waals surface area (Å²) in [4.78, 5) is 2.17. The van der Waals surface area contributed by atoms with Crippen LogP contribution in [0.1, 0.15) is 51.5 Å². The summed E-state index contributed by atoms with van der Waals surface area (Å²) in [6.07, 6.45) is 5.64. The van der Waals surface area contributed by atoms with Crippen LogP contribution >= 0.6 is 0 Å². The monoisotopic (exact) mass is 373 g/mol. The summed E-state index contributed by atoms with van der Waals surface area (Å²) >= 11 is 0. The van der Waals surface area contributed by atoms with E-state index in [0.717, 1.165) is 31.2 Å². The van der Waals surface area contributed by atoms with Crippen molar-refractivity contribution in [1.82, 2.24) is 0 Å². The van der Waals surface area contributed by atoms with Crippen molar-refractivity contribution in [2.45, 2.75) is 68.7 Å². The molecule has 0 bridgehead atoms. The number of hydrogen-bond acceptors (Lipinski definition) is 3. The Balaban J connectivity index is 2.06. The minimum absolute atomic E-state index is 0.00226. The van der Waals surface area contributed by atoms with Gasteiger partial charge in [0.1, 0.15) is 0 Å². The number of nitrogens with zero attached hydrogens (tertiary/aromatic N) is 1. The Kier molecular flexibility index (Phi) is 4.79. The molecule has 1 aromatic rings. The molecular weight excluding hydrogens is 346 g/mol. The Labute approximate surface area is 156 Å². The van der Waals surface area contributed by atoms with Crippen LogP contribution in [0.4, 0.5) is 0 Å². The largest absolute Gasteiger partial charge is 0.392 e. The zero-order valence-corrected chi connectivity index (χ0v) is 16.5. The Bertz CT molecular complexity index is 866. The van der Waals surface area contributed by atoms with E-state index in [4.69, 9.17) is 6.57 Å². The zero-order chi connectivity index (χ0) is 19.2. The second kappa shape index (κ2) is 6.51. The van der Waals surface area contributed by atoms with Crippen LogP contribution in [0.3, 0.4) is 0 Å². The molecule has 4 nitrogen and oxygen atoms in total. The van der Waals surface area contributed by atoms with Gasteiger partial charge in [-0.15, -0.1) is 0 Å². The third-order valence-corrected chi connectivity index (χ3v) is 8.77. The standard InChI is InChI=1S/C21H27NO3S/c1-15-7-9-17(10-8-15)26(24,25)21(3,22-4)16-11-13-20(2)12-5-6-19(23)18(20)14-16/h7-10,14,18-19,23H,5-6,11-13H2,1-3H3/t18-,19-,20+,21?/m1/s1. The molecule has 0 amide bonds. The van der Waals surface area contributed by atoms with Crippen LogP contribution in [-0.4, -0.2) is 24.5 Å². The fourth-order valence-corrected chi connectivity index (χ4v) is 6.08. The van der Waals surface area contributed by atoms with Crippen molar-refractivity contribution >= 4 is 9.84 Å². The number of aryl methyl sites for hydroxylation is 1. The second-order valence-electron chi connectivity index (χ2n) is 8.24. The summed E-state index contributed by atoms with van der Waals surface area (Å²) in [5.74, 6) is -0.0747. The van der Waals surface area contributed by atoms with Crippen molar-refractivity contribution in [2.75, 3.05) is 0 Å². The van der Waals surface area contributed by atoms with Gasteiger partial charge in [-0.2, -0.15) is 0 Å². The molecule has 1 fully saturated rings. The Morgan fingerprint density at radius 2 is 1.92 bits per heavy atom. The van der Waals surface area contributed by atoms with Crippen LogP contribution in [-0.2, 0) is 9.84 Å². The fourth-order valence-electron chi connectivity index (χ4n) is 4.49. The second-order valence-corrected chi connectivity index (χ2v) is 10.5. The Morgan fingerprint density at radius 3 is 2.54 bits per heavy atom. The molecule has 1 unspecified atom stereocenters. The first-order valence-electron chi connectivity index (χ1n) is 9.23. The average molecular weight is 374 g/mol. The van der Waals surface area contributed by atoms with E-state index in [-0.39, 0.29) is 16.2 Å². The molecule has 3 rings (SSSR count). The lowest BCUT2D eigenvalue weighted by Gasteiger charge is -2.46. The Hall–Kier alpha value is -1.64. The van der Waals surface area contributed by atoms with Gasteiger partial charge in [-0.25, -0.2) is 15.0 Å². The van der Waals surface area contributed by atoms with Crippen molar-refractivity contribution in [3.05, 3.63) is 52.9 Å². The smallest absolute Gasteiger partial charge is 0.351 e. The van der Waals surface area contributed by atoms with Gasteiger partial charge in [0.05, 0.1) is 11.0 Å². The molecule has 0 radical (unpaired) electrons. The topological polar surface area (TPSA) is 58.7 Å². The Morgan fingerprint density at radius 1 is 1.27 bits per heavy atom. The average Bonchev–Trinajstić information content (AvgIpc) is 2.61. The van der Waals surface area contributed by atoms with Gasteiger partial charge in [0.15, 0.2) is 0 Å². The predicted molar refractivity (Wildman–Crippen MR) is 102 cm³/mol. The van der Waals surface area contributed by atoms with Gasteiger partial charge in [-0.1, -0.05) is 37.1 Å². The normalized spacial score (nSPS) is 31.3. The molecule has 140 valence electrons. The number of sulfone groups is 1. The number of rotatable bonds is 3. The zero-order valence-electron chi connectivity index (χ0n) is 15.7. The van der Waals surface area contributed by atoms with Crippen LogP contribution in [0.15, 0.2) is 40.8 Å². The summed E-state index contributed by atoms with van der Waals surface area (Å²) < 4.78 is 26.6. The van der Waals surface area contributed by atoms with Crippen LogP contribution in [0, 0.1) is 24.8 Å². The van der Waals surface area contributed by atoms with E-state index < -0.39 is 20.8 Å². The molecule has 4 atom stereocenters. The number of benzene rings is 1. The number of aliphatic hydroxyl groups is 1. The van der Waals surface area contributed by atoms with Crippen LogP contribution < -0.4 is 0 Å². The minimum atomic E-state index is -3.85. The summed E-state index contributed by atoms with van der Waals surface area (Å²) in [5, 5.41) is 10.5. The van der Waals surface area contributed by atoms with E-state index in [1.165, 1.54) is 6.92 Å². The van der Waals surface area contributed by atoms with Gasteiger partial charge < -0.3 is 5.11 Å². The van der Waals surface area contributed by atoms with Crippen molar-refractivity contribution < 1.29 is 13.5 Å². The van der Waals surface area contributed by atoms with Crippen molar-refractivity contribution in [2.24, 2.45) is 11.3 Å². The molecule has 2 aliphatic carbocycles. The van der Waals surface area contributed by atoms with E-state index in [9.17, 15) is 13.5 Å². The summed E-state index contributed by atoms with van der Waals surface area (Å²) in [7, 11) is -3.85. The predicted octanol–water partition coefficient (Wildman–Crippen LogP) is 4.29. The van der Waals surface area contributed by atoms with Gasteiger partial charge in [0, 0.05) is 18.4 Å². The quantitative estimate of drug-likeness (QED) is 0.635. The highest BCUT2D eigenvalue weighted by Gasteiger charge is 2.54. The highest BCUT2D eigenvalue weighted by Crippen LogP contribution is 2.52.